The van der Waals surface area contributed by atoms with Gasteiger partial charge < -0.3 is 14.8 Å². The molecule has 1 N–H and O–H groups in total. The van der Waals surface area contributed by atoms with E-state index in [-0.39, 0.29) is 0 Å². The molecule has 0 aliphatic rings. The summed E-state index contributed by atoms with van der Waals surface area (Å²) < 4.78 is 11.0. The second-order valence-electron chi connectivity index (χ2n) is 7.48. The fourth-order valence-corrected chi connectivity index (χ4v) is 3.00. The van der Waals surface area contributed by atoms with Crippen LogP contribution in [0.25, 0.3) is 10.8 Å². The first kappa shape index (κ1) is 19.1. The van der Waals surface area contributed by atoms with Crippen molar-refractivity contribution in [2.75, 3.05) is 25.6 Å². The molecule has 3 aromatic carbocycles. The molecule has 0 amide bonds. The summed E-state index contributed by atoms with van der Waals surface area (Å²) >= 11 is 0. The number of hydrogen-bond acceptors (Lipinski definition) is 3. The molecular weight excluding hydrogens is 334 g/mol. The van der Waals surface area contributed by atoms with Crippen LogP contribution in [0.1, 0.15) is 32.3 Å². The van der Waals surface area contributed by atoms with Crippen LogP contribution in [-0.2, 0) is 0 Å². The summed E-state index contributed by atoms with van der Waals surface area (Å²) in [5.41, 5.74) is 2.45. The molecule has 0 heterocycles. The van der Waals surface area contributed by atoms with Gasteiger partial charge in [-0.05, 0) is 64.6 Å². The van der Waals surface area contributed by atoms with Crippen LogP contribution in [0.2, 0.25) is 0 Å². The average Bonchev–Trinajstić information content (AvgIpc) is 2.70. The van der Waals surface area contributed by atoms with Crippen molar-refractivity contribution in [3.8, 4) is 11.5 Å². The summed E-state index contributed by atoms with van der Waals surface area (Å²) in [5.74, 6) is 2.76. The summed E-state index contributed by atoms with van der Waals surface area (Å²) in [6, 6.07) is 21.1. The van der Waals surface area contributed by atoms with Crippen molar-refractivity contribution in [2.45, 2.75) is 26.7 Å². The molecule has 0 saturated carbocycles. The van der Waals surface area contributed by atoms with Gasteiger partial charge in [0.05, 0.1) is 13.7 Å². The molecule has 142 valence electrons. The minimum absolute atomic E-state index is 0.411. The van der Waals surface area contributed by atoms with Crippen LogP contribution in [0, 0.1) is 5.92 Å². The van der Waals surface area contributed by atoms with Crippen molar-refractivity contribution in [1.29, 1.82) is 0 Å². The summed E-state index contributed by atoms with van der Waals surface area (Å²) in [7, 11) is 1.70. The Morgan fingerprint density at radius 3 is 2.19 bits per heavy atom. The van der Waals surface area contributed by atoms with Crippen molar-refractivity contribution < 1.29 is 9.47 Å². The predicted molar refractivity (Wildman–Crippen MR) is 114 cm³/mol. The van der Waals surface area contributed by atoms with Gasteiger partial charge >= 0.3 is 0 Å². The van der Waals surface area contributed by atoms with Crippen molar-refractivity contribution in [3.63, 3.8) is 0 Å². The molecular formula is C24H29NO2. The number of ether oxygens (including phenoxy) is 2. The number of nitrogens with one attached hydrogen (secondary N) is 1. The van der Waals surface area contributed by atoms with E-state index in [4.69, 9.17) is 9.47 Å². The van der Waals surface area contributed by atoms with Gasteiger partial charge in [-0.15, -0.1) is 0 Å². The number of fused-ring (bicyclic) bond motifs is 1. The van der Waals surface area contributed by atoms with Crippen LogP contribution in [0.5, 0.6) is 11.5 Å². The molecule has 0 radical (unpaired) electrons. The van der Waals surface area contributed by atoms with Gasteiger partial charge in [0.2, 0.25) is 0 Å². The van der Waals surface area contributed by atoms with Gasteiger partial charge in [-0.2, -0.15) is 0 Å². The molecule has 0 saturated heterocycles. The lowest BCUT2D eigenvalue weighted by molar-refractivity contribution is 0.271. The molecule has 0 aliphatic heterocycles. The van der Waals surface area contributed by atoms with Gasteiger partial charge in [0.1, 0.15) is 11.5 Å². The third-order valence-corrected chi connectivity index (χ3v) is 4.69. The van der Waals surface area contributed by atoms with E-state index in [2.05, 4.69) is 68.6 Å². The highest BCUT2D eigenvalue weighted by molar-refractivity contribution is 5.84. The Hall–Kier alpha value is -2.68. The molecule has 3 rings (SSSR count). The monoisotopic (exact) mass is 363 g/mol. The summed E-state index contributed by atoms with van der Waals surface area (Å²) in [6.45, 7) is 8.19. The smallest absolute Gasteiger partial charge is 0.119 e. The first-order chi connectivity index (χ1) is 13.0. The molecule has 0 fully saturated rings. The van der Waals surface area contributed by atoms with E-state index in [1.807, 2.05) is 18.2 Å². The van der Waals surface area contributed by atoms with E-state index < -0.39 is 0 Å². The van der Waals surface area contributed by atoms with E-state index in [1.165, 1.54) is 16.3 Å². The van der Waals surface area contributed by atoms with E-state index >= 15 is 0 Å². The Labute approximate surface area is 162 Å². The van der Waals surface area contributed by atoms with Crippen LogP contribution in [-0.4, -0.2) is 20.3 Å². The van der Waals surface area contributed by atoms with E-state index in [9.17, 15) is 0 Å². The highest BCUT2D eigenvalue weighted by Crippen LogP contribution is 2.25. The molecule has 27 heavy (non-hydrogen) atoms. The maximum Gasteiger partial charge on any atom is 0.119 e. The van der Waals surface area contributed by atoms with Gasteiger partial charge in [-0.3, -0.25) is 0 Å². The zero-order valence-electron chi connectivity index (χ0n) is 16.7. The van der Waals surface area contributed by atoms with Crippen molar-refractivity contribution in [2.24, 2.45) is 5.92 Å². The van der Waals surface area contributed by atoms with Crippen LogP contribution in [0.3, 0.4) is 0 Å². The highest BCUT2D eigenvalue weighted by atomic mass is 16.5. The summed E-state index contributed by atoms with van der Waals surface area (Å²) in [4.78, 5) is 0. The molecule has 3 heteroatoms. The van der Waals surface area contributed by atoms with E-state index in [1.54, 1.807) is 7.11 Å². The number of anilines is 1. The maximum absolute atomic E-state index is 5.74. The number of methoxy groups -OCH3 is 1. The van der Waals surface area contributed by atoms with Gasteiger partial charge in [0.15, 0.2) is 0 Å². The van der Waals surface area contributed by atoms with Crippen LogP contribution < -0.4 is 14.8 Å². The molecule has 0 spiro atoms. The second-order valence-corrected chi connectivity index (χ2v) is 7.48. The first-order valence-corrected chi connectivity index (χ1v) is 9.59. The van der Waals surface area contributed by atoms with Gasteiger partial charge in [-0.1, -0.05) is 45.0 Å². The largest absolute Gasteiger partial charge is 0.497 e. The topological polar surface area (TPSA) is 30.5 Å². The molecule has 3 aromatic rings. The summed E-state index contributed by atoms with van der Waals surface area (Å²) in [6.07, 6.45) is 0. The zero-order chi connectivity index (χ0) is 19.2. The number of rotatable bonds is 8. The van der Waals surface area contributed by atoms with Gasteiger partial charge in [0.25, 0.3) is 0 Å². The second kappa shape index (κ2) is 8.81. The van der Waals surface area contributed by atoms with Gasteiger partial charge in [-0.25, -0.2) is 0 Å². The number of benzene rings is 3. The normalized spacial score (nSPS) is 12.2. The Morgan fingerprint density at radius 1 is 0.815 bits per heavy atom. The molecule has 1 atom stereocenters. The van der Waals surface area contributed by atoms with Crippen LogP contribution >= 0.6 is 0 Å². The third-order valence-electron chi connectivity index (χ3n) is 4.69. The minimum atomic E-state index is 0.411. The zero-order valence-corrected chi connectivity index (χ0v) is 16.7. The van der Waals surface area contributed by atoms with Crippen LogP contribution in [0.4, 0.5) is 5.69 Å². The maximum atomic E-state index is 5.74. The molecule has 0 aliphatic carbocycles. The number of hydrogen-bond donors (Lipinski definition) is 1. The molecule has 0 aromatic heterocycles. The Morgan fingerprint density at radius 2 is 1.48 bits per heavy atom. The lowest BCUT2D eigenvalue weighted by atomic mass is 9.97. The first-order valence-electron chi connectivity index (χ1n) is 9.59. The lowest BCUT2D eigenvalue weighted by Gasteiger charge is -2.16. The standard InChI is InChI=1S/C24H29NO2/c1-17(2)16-27-23-11-8-22(9-12-23)25-15-18(3)19-5-6-21-14-24(26-4)10-7-20(21)13-19/h5-14,17-18,25H,15-16H2,1-4H3. The van der Waals surface area contributed by atoms with Crippen molar-refractivity contribution in [1.82, 2.24) is 0 Å². The highest BCUT2D eigenvalue weighted by Gasteiger charge is 2.07. The molecule has 1 unspecified atom stereocenters. The quantitative estimate of drug-likeness (QED) is 0.524. The third kappa shape index (κ3) is 5.16. The average molecular weight is 364 g/mol. The van der Waals surface area contributed by atoms with Gasteiger partial charge in [0, 0.05) is 12.2 Å². The molecule has 3 nitrogen and oxygen atoms in total. The Kier molecular flexibility index (Phi) is 6.23. The fourth-order valence-electron chi connectivity index (χ4n) is 3.00. The minimum Gasteiger partial charge on any atom is -0.497 e. The van der Waals surface area contributed by atoms with E-state index in [0.29, 0.717) is 11.8 Å². The fraction of sp³-hybridized carbons (Fsp3) is 0.333. The van der Waals surface area contributed by atoms with Crippen molar-refractivity contribution >= 4 is 16.5 Å². The van der Waals surface area contributed by atoms with Crippen LogP contribution in [0.15, 0.2) is 60.7 Å². The summed E-state index contributed by atoms with van der Waals surface area (Å²) in [5, 5.41) is 5.97. The Bertz CT molecular complexity index is 871. The SMILES string of the molecule is COc1ccc2cc(C(C)CNc3ccc(OCC(C)C)cc3)ccc2c1. The van der Waals surface area contributed by atoms with Crippen molar-refractivity contribution in [3.05, 3.63) is 66.2 Å². The Balaban J connectivity index is 1.60. The lowest BCUT2D eigenvalue weighted by Crippen LogP contribution is -2.10. The predicted octanol–water partition coefficient (Wildman–Crippen LogP) is 6.10. The van der Waals surface area contributed by atoms with E-state index in [0.717, 1.165) is 30.3 Å². The molecule has 0 bridgehead atoms.